The number of rotatable bonds is 8. The van der Waals surface area contributed by atoms with E-state index in [0.717, 1.165) is 32.6 Å². The fourth-order valence-electron chi connectivity index (χ4n) is 3.43. The molecule has 0 fully saturated rings. The van der Waals surface area contributed by atoms with Crippen molar-refractivity contribution in [3.8, 4) is 17.0 Å². The van der Waals surface area contributed by atoms with Crippen molar-refractivity contribution < 1.29 is 9.53 Å². The second-order valence-corrected chi connectivity index (χ2v) is 10.6. The molecule has 1 N–H and O–H groups in total. The van der Waals surface area contributed by atoms with Crippen molar-refractivity contribution in [3.63, 3.8) is 0 Å². The molecule has 176 valence electrons. The van der Waals surface area contributed by atoms with Crippen LogP contribution in [0.15, 0.2) is 57.5 Å². The van der Waals surface area contributed by atoms with E-state index >= 15 is 0 Å². The Bertz CT molecular complexity index is 1280. The van der Waals surface area contributed by atoms with Crippen LogP contribution in [0.5, 0.6) is 5.75 Å². The highest BCUT2D eigenvalue weighted by Crippen LogP contribution is 2.27. The zero-order valence-electron chi connectivity index (χ0n) is 19.2. The lowest BCUT2D eigenvalue weighted by atomic mass is 10.1. The fourth-order valence-corrected chi connectivity index (χ4v) is 5.15. The van der Waals surface area contributed by atoms with Gasteiger partial charge in [0.1, 0.15) is 5.75 Å². The maximum atomic E-state index is 12.5. The van der Waals surface area contributed by atoms with Crippen molar-refractivity contribution >= 4 is 50.1 Å². The largest absolute Gasteiger partial charge is 0.483 e. The van der Waals surface area contributed by atoms with Gasteiger partial charge in [0, 0.05) is 22.5 Å². The van der Waals surface area contributed by atoms with Crippen molar-refractivity contribution in [2.75, 3.05) is 11.1 Å². The average Bonchev–Trinajstić information content (AvgIpc) is 3.38. The van der Waals surface area contributed by atoms with Crippen LogP contribution in [-0.4, -0.2) is 31.4 Å². The highest BCUT2D eigenvalue weighted by molar-refractivity contribution is 9.10. The number of anilines is 1. The molecule has 2 aromatic carbocycles. The number of aromatic nitrogens is 4. The summed E-state index contributed by atoms with van der Waals surface area (Å²) in [7, 11) is 1.88. The topological polar surface area (TPSA) is 81.9 Å². The lowest BCUT2D eigenvalue weighted by Crippen LogP contribution is -2.14. The molecule has 1 unspecified atom stereocenters. The van der Waals surface area contributed by atoms with Gasteiger partial charge in [0.2, 0.25) is 5.91 Å². The molecular weight excluding hydrogens is 534 g/mol. The van der Waals surface area contributed by atoms with Crippen molar-refractivity contribution in [2.24, 2.45) is 7.05 Å². The van der Waals surface area contributed by atoms with Crippen LogP contribution in [0, 0.1) is 13.8 Å². The zero-order chi connectivity index (χ0) is 24.2. The van der Waals surface area contributed by atoms with Crippen molar-refractivity contribution in [1.29, 1.82) is 0 Å². The molecule has 0 aliphatic heterocycles. The second-order valence-electron chi connectivity index (χ2n) is 7.86. The summed E-state index contributed by atoms with van der Waals surface area (Å²) in [6.45, 7) is 6.02. The Labute approximate surface area is 215 Å². The van der Waals surface area contributed by atoms with Gasteiger partial charge >= 0.3 is 0 Å². The minimum atomic E-state index is -0.283. The second kappa shape index (κ2) is 10.7. The molecule has 4 aromatic rings. The number of hydrogen-bond donors (Lipinski definition) is 1. The zero-order valence-corrected chi connectivity index (χ0v) is 22.4. The van der Waals surface area contributed by atoms with Crippen molar-refractivity contribution in [3.05, 3.63) is 69.3 Å². The molecule has 0 aliphatic carbocycles. The first-order valence-corrected chi connectivity index (χ1v) is 13.2. The van der Waals surface area contributed by atoms with Crippen LogP contribution in [0.25, 0.3) is 11.3 Å². The van der Waals surface area contributed by atoms with Gasteiger partial charge in [-0.3, -0.25) is 4.79 Å². The highest BCUT2D eigenvalue weighted by atomic mass is 79.9. The van der Waals surface area contributed by atoms with E-state index in [2.05, 4.69) is 42.5 Å². The minimum Gasteiger partial charge on any atom is -0.483 e. The summed E-state index contributed by atoms with van der Waals surface area (Å²) < 4.78 is 8.96. The van der Waals surface area contributed by atoms with E-state index in [9.17, 15) is 4.79 Å². The van der Waals surface area contributed by atoms with Gasteiger partial charge < -0.3 is 14.6 Å². The number of carbonyl (C=O) groups is 1. The maximum absolute atomic E-state index is 12.5. The quantitative estimate of drug-likeness (QED) is 0.260. The number of halogens is 1. The molecule has 0 saturated carbocycles. The summed E-state index contributed by atoms with van der Waals surface area (Å²) in [6.07, 6.45) is -0.283. The summed E-state index contributed by atoms with van der Waals surface area (Å²) in [5, 5.41) is 14.5. The average molecular weight is 559 g/mol. The van der Waals surface area contributed by atoms with E-state index in [1.165, 1.54) is 23.1 Å². The Morgan fingerprint density at radius 3 is 2.59 bits per heavy atom. The first kappa shape index (κ1) is 24.4. The first-order valence-electron chi connectivity index (χ1n) is 10.6. The molecule has 0 saturated heterocycles. The number of ether oxygens (including phenoxy) is 1. The standard InChI is InChI=1S/C24H24BrN5O2S2/c1-14-9-15(2)11-19(10-14)32-16(3)22-28-29-24(30(22)4)34-13-21(31)27-23-26-20(12-33-23)17-5-7-18(25)8-6-17/h5-12,16H,13H2,1-4H3,(H,26,27,31). The Balaban J connectivity index is 1.33. The van der Waals surface area contributed by atoms with Crippen molar-refractivity contribution in [2.45, 2.75) is 32.0 Å². The number of nitrogens with one attached hydrogen (secondary N) is 1. The fraction of sp³-hybridized carbons (Fsp3) is 0.250. The highest BCUT2D eigenvalue weighted by Gasteiger charge is 2.18. The van der Waals surface area contributed by atoms with Gasteiger partial charge in [0.15, 0.2) is 22.2 Å². The number of nitrogens with zero attached hydrogens (tertiary/aromatic N) is 4. The lowest BCUT2D eigenvalue weighted by Gasteiger charge is -2.15. The van der Waals surface area contributed by atoms with Gasteiger partial charge in [-0.25, -0.2) is 4.98 Å². The molecule has 7 nitrogen and oxygen atoms in total. The van der Waals surface area contributed by atoms with Gasteiger partial charge in [-0.15, -0.1) is 21.5 Å². The smallest absolute Gasteiger partial charge is 0.236 e. The molecule has 2 aromatic heterocycles. The maximum Gasteiger partial charge on any atom is 0.236 e. The lowest BCUT2D eigenvalue weighted by molar-refractivity contribution is -0.113. The molecule has 2 heterocycles. The molecule has 1 atom stereocenters. The number of thiazole rings is 1. The summed E-state index contributed by atoms with van der Waals surface area (Å²) in [5.41, 5.74) is 4.12. The Morgan fingerprint density at radius 2 is 1.88 bits per heavy atom. The third kappa shape index (κ3) is 6.05. The predicted octanol–water partition coefficient (Wildman–Crippen LogP) is 6.19. The Hall–Kier alpha value is -2.69. The number of aryl methyl sites for hydroxylation is 2. The van der Waals surface area contributed by atoms with Crippen molar-refractivity contribution in [1.82, 2.24) is 19.7 Å². The monoisotopic (exact) mass is 557 g/mol. The van der Waals surface area contributed by atoms with Crippen LogP contribution in [-0.2, 0) is 11.8 Å². The third-order valence-electron chi connectivity index (χ3n) is 4.96. The van der Waals surface area contributed by atoms with Crippen LogP contribution in [0.1, 0.15) is 30.0 Å². The van der Waals surface area contributed by atoms with E-state index in [-0.39, 0.29) is 17.8 Å². The van der Waals surface area contributed by atoms with Crippen LogP contribution < -0.4 is 10.1 Å². The summed E-state index contributed by atoms with van der Waals surface area (Å²) in [4.78, 5) is 17.0. The van der Waals surface area contributed by atoms with Crippen LogP contribution in [0.2, 0.25) is 0 Å². The van der Waals surface area contributed by atoms with E-state index in [0.29, 0.717) is 16.1 Å². The molecule has 0 radical (unpaired) electrons. The summed E-state index contributed by atoms with van der Waals surface area (Å²) in [5.74, 6) is 1.55. The predicted molar refractivity (Wildman–Crippen MR) is 141 cm³/mol. The number of carbonyl (C=O) groups excluding carboxylic acids is 1. The molecule has 1 amide bonds. The number of hydrogen-bond acceptors (Lipinski definition) is 7. The molecule has 4 rings (SSSR count). The van der Waals surface area contributed by atoms with E-state index in [4.69, 9.17) is 4.74 Å². The molecule has 0 spiro atoms. The Kier molecular flexibility index (Phi) is 7.70. The molecule has 10 heteroatoms. The van der Waals surface area contributed by atoms with E-state index < -0.39 is 0 Å². The molecular formula is C24H24BrN5O2S2. The van der Waals surface area contributed by atoms with E-state index in [1.54, 1.807) is 0 Å². The first-order chi connectivity index (χ1) is 16.3. The Morgan fingerprint density at radius 1 is 1.18 bits per heavy atom. The van der Waals surface area contributed by atoms with Gasteiger partial charge in [-0.05, 0) is 56.2 Å². The van der Waals surface area contributed by atoms with Crippen LogP contribution in [0.3, 0.4) is 0 Å². The van der Waals surface area contributed by atoms with E-state index in [1.807, 2.05) is 74.2 Å². The molecule has 34 heavy (non-hydrogen) atoms. The summed E-state index contributed by atoms with van der Waals surface area (Å²) >= 11 is 6.15. The normalized spacial score (nSPS) is 11.9. The number of benzene rings is 2. The molecule has 0 aliphatic rings. The van der Waals surface area contributed by atoms with Gasteiger partial charge in [-0.2, -0.15) is 0 Å². The minimum absolute atomic E-state index is 0.147. The van der Waals surface area contributed by atoms with Crippen LogP contribution in [0.4, 0.5) is 5.13 Å². The van der Waals surface area contributed by atoms with Crippen LogP contribution >= 0.6 is 39.0 Å². The SMILES string of the molecule is Cc1cc(C)cc(OC(C)c2nnc(SCC(=O)Nc3nc(-c4ccc(Br)cc4)cs3)n2C)c1. The summed E-state index contributed by atoms with van der Waals surface area (Å²) in [6, 6.07) is 14.0. The number of amides is 1. The third-order valence-corrected chi connectivity index (χ3v) is 7.27. The van der Waals surface area contributed by atoms with Gasteiger partial charge in [0.25, 0.3) is 0 Å². The van der Waals surface area contributed by atoms with Gasteiger partial charge in [0.05, 0.1) is 11.4 Å². The molecule has 0 bridgehead atoms. The number of thioether (sulfide) groups is 1. The van der Waals surface area contributed by atoms with Gasteiger partial charge in [-0.1, -0.05) is 45.9 Å².